The van der Waals surface area contributed by atoms with Gasteiger partial charge in [-0.2, -0.15) is 0 Å². The molecule has 0 aromatic heterocycles. The van der Waals surface area contributed by atoms with Crippen LogP contribution in [-0.4, -0.2) is 0 Å². The van der Waals surface area contributed by atoms with Crippen molar-refractivity contribution in [2.75, 3.05) is 0 Å². The van der Waals surface area contributed by atoms with E-state index in [4.69, 9.17) is 0 Å². The van der Waals surface area contributed by atoms with Crippen molar-refractivity contribution in [2.45, 2.75) is 0 Å². The van der Waals surface area contributed by atoms with E-state index in [0.29, 0.717) is 0 Å². The molecule has 0 aliphatic heterocycles. The first-order valence-corrected chi connectivity index (χ1v) is 5.32. The predicted molar refractivity (Wildman–Crippen MR) is 61.6 cm³/mol. The van der Waals surface area contributed by atoms with Gasteiger partial charge < -0.3 is 1.43 Å². The Balaban J connectivity index is 0.000000980. The van der Waals surface area contributed by atoms with E-state index < -0.39 is 0 Å². The van der Waals surface area contributed by atoms with E-state index in [1.165, 1.54) is 10.6 Å². The molecule has 0 spiro atoms. The smallest absolute Gasteiger partial charge is 1.00 e. The van der Waals surface area contributed by atoms with Gasteiger partial charge in [-0.25, -0.2) is 0 Å². The van der Waals surface area contributed by atoms with Crippen LogP contribution < -0.4 is 62.0 Å². The molecule has 66 valence electrons. The molecule has 2 aromatic carbocycles. The molecular formula is C12H12KP. The maximum Gasteiger partial charge on any atom is 1.00 e. The normalized spacial score (nSPS) is 9.14. The molecule has 0 radical (unpaired) electrons. The maximum atomic E-state index is 2.17. The zero-order chi connectivity index (χ0) is 8.93. The Morgan fingerprint density at radius 3 is 1.36 bits per heavy atom. The van der Waals surface area contributed by atoms with E-state index >= 15 is 0 Å². The monoisotopic (exact) mass is 226 g/mol. The summed E-state index contributed by atoms with van der Waals surface area (Å²) in [5.41, 5.74) is 0. The first-order valence-electron chi connectivity index (χ1n) is 4.32. The van der Waals surface area contributed by atoms with Gasteiger partial charge in [-0.3, -0.25) is 0 Å². The Labute approximate surface area is 131 Å². The third-order valence-electron chi connectivity index (χ3n) is 1.84. The maximum absolute atomic E-state index is 2.17. The second kappa shape index (κ2) is 6.89. The van der Waals surface area contributed by atoms with E-state index in [-0.39, 0.29) is 52.8 Å². The van der Waals surface area contributed by atoms with Crippen LogP contribution in [0.4, 0.5) is 0 Å². The summed E-state index contributed by atoms with van der Waals surface area (Å²) in [4.78, 5) is 0. The molecule has 0 saturated heterocycles. The molecule has 14 heavy (non-hydrogen) atoms. The fourth-order valence-corrected chi connectivity index (χ4v) is 2.26. The van der Waals surface area contributed by atoms with Gasteiger partial charge in [0.05, 0.1) is 0 Å². The number of hydrogen-bond acceptors (Lipinski definition) is 0. The van der Waals surface area contributed by atoms with Crippen molar-refractivity contribution in [3.05, 3.63) is 60.7 Å². The van der Waals surface area contributed by atoms with Crippen LogP contribution in [-0.2, 0) is 0 Å². The van der Waals surface area contributed by atoms with Crippen LogP contribution in [0.25, 0.3) is 0 Å². The van der Waals surface area contributed by atoms with E-state index in [9.17, 15) is 0 Å². The fraction of sp³-hybridized carbons (Fsp3) is 0. The second-order valence-electron chi connectivity index (χ2n) is 2.86. The van der Waals surface area contributed by atoms with E-state index in [1.54, 1.807) is 0 Å². The SMILES string of the molecule is [H-].[K+].c1ccc(Pc2ccccc2)cc1. The number of benzene rings is 2. The molecule has 0 aliphatic carbocycles. The Morgan fingerprint density at radius 1 is 0.643 bits per heavy atom. The molecule has 0 saturated carbocycles. The van der Waals surface area contributed by atoms with Gasteiger partial charge in [0.1, 0.15) is 0 Å². The summed E-state index contributed by atoms with van der Waals surface area (Å²) in [6.07, 6.45) is 0. The van der Waals surface area contributed by atoms with Crippen LogP contribution in [0.5, 0.6) is 0 Å². The molecule has 0 aliphatic rings. The van der Waals surface area contributed by atoms with Gasteiger partial charge >= 0.3 is 51.4 Å². The van der Waals surface area contributed by atoms with E-state index in [1.807, 2.05) is 0 Å². The van der Waals surface area contributed by atoms with Gasteiger partial charge in [0.15, 0.2) is 0 Å². The molecule has 0 N–H and O–H groups in total. The Bertz CT molecular complexity index is 326. The molecule has 0 atom stereocenters. The third kappa shape index (κ3) is 3.94. The van der Waals surface area contributed by atoms with Crippen LogP contribution >= 0.6 is 8.58 Å². The van der Waals surface area contributed by atoms with Gasteiger partial charge in [-0.15, -0.1) is 0 Å². The van der Waals surface area contributed by atoms with Gasteiger partial charge in [-0.1, -0.05) is 69.2 Å². The molecular weight excluding hydrogens is 214 g/mol. The molecule has 0 amide bonds. The summed E-state index contributed by atoms with van der Waals surface area (Å²) in [6.45, 7) is 0. The van der Waals surface area contributed by atoms with Crippen LogP contribution in [0, 0.1) is 0 Å². The molecule has 0 unspecified atom stereocenters. The summed E-state index contributed by atoms with van der Waals surface area (Å²) in [7, 11) is 0.777. The van der Waals surface area contributed by atoms with Gasteiger partial charge in [0.25, 0.3) is 0 Å². The second-order valence-corrected chi connectivity index (χ2v) is 4.26. The average molecular weight is 226 g/mol. The zero-order valence-corrected chi connectivity index (χ0v) is 12.4. The van der Waals surface area contributed by atoms with E-state index in [2.05, 4.69) is 60.7 Å². The first-order chi connectivity index (χ1) is 6.45. The van der Waals surface area contributed by atoms with Crippen LogP contribution in [0.2, 0.25) is 0 Å². The van der Waals surface area contributed by atoms with Gasteiger partial charge in [-0.05, 0) is 10.6 Å². The molecule has 0 bridgehead atoms. The Hall–Kier alpha value is 0.506. The van der Waals surface area contributed by atoms with Crippen molar-refractivity contribution >= 4 is 19.2 Å². The summed E-state index contributed by atoms with van der Waals surface area (Å²) >= 11 is 0. The van der Waals surface area contributed by atoms with Crippen molar-refractivity contribution in [3.8, 4) is 0 Å². The molecule has 0 nitrogen and oxygen atoms in total. The zero-order valence-electron chi connectivity index (χ0n) is 9.27. The number of hydrogen-bond donors (Lipinski definition) is 0. The van der Waals surface area contributed by atoms with Crippen LogP contribution in [0.1, 0.15) is 1.43 Å². The largest absolute Gasteiger partial charge is 1.00 e. The Morgan fingerprint density at radius 2 is 1.00 bits per heavy atom. The van der Waals surface area contributed by atoms with Crippen molar-refractivity contribution in [2.24, 2.45) is 0 Å². The van der Waals surface area contributed by atoms with Crippen molar-refractivity contribution in [1.29, 1.82) is 0 Å². The molecule has 2 heteroatoms. The summed E-state index contributed by atoms with van der Waals surface area (Å²) < 4.78 is 0. The fourth-order valence-electron chi connectivity index (χ4n) is 1.21. The molecule has 2 aromatic rings. The topological polar surface area (TPSA) is 0 Å². The Kier molecular flexibility index (Phi) is 6.19. The third-order valence-corrected chi connectivity index (χ3v) is 3.08. The van der Waals surface area contributed by atoms with E-state index in [0.717, 1.165) is 8.58 Å². The standard InChI is InChI=1S/C12H11P.K.H/c1-3-7-11(8-4-1)13-12-9-5-2-6-10-12;;/h1-10,13H;;/q;+1;-1. The first kappa shape index (κ1) is 12.6. The van der Waals surface area contributed by atoms with Crippen molar-refractivity contribution < 1.29 is 52.8 Å². The average Bonchev–Trinajstić information content (AvgIpc) is 2.21. The summed E-state index contributed by atoms with van der Waals surface area (Å²) in [5, 5.41) is 2.79. The van der Waals surface area contributed by atoms with Crippen LogP contribution in [0.3, 0.4) is 0 Å². The number of rotatable bonds is 2. The predicted octanol–water partition coefficient (Wildman–Crippen LogP) is -0.568. The quantitative estimate of drug-likeness (QED) is 0.475. The molecule has 0 heterocycles. The summed E-state index contributed by atoms with van der Waals surface area (Å²) in [5.74, 6) is 0. The molecule has 2 rings (SSSR count). The minimum absolute atomic E-state index is 0. The summed E-state index contributed by atoms with van der Waals surface area (Å²) in [6, 6.07) is 21.2. The van der Waals surface area contributed by atoms with Crippen LogP contribution in [0.15, 0.2) is 60.7 Å². The van der Waals surface area contributed by atoms with Crippen molar-refractivity contribution in [1.82, 2.24) is 0 Å². The minimum Gasteiger partial charge on any atom is -1.00 e. The minimum atomic E-state index is 0. The van der Waals surface area contributed by atoms with Gasteiger partial charge in [0.2, 0.25) is 0 Å². The van der Waals surface area contributed by atoms with Gasteiger partial charge in [0, 0.05) is 0 Å². The van der Waals surface area contributed by atoms with Crippen molar-refractivity contribution in [3.63, 3.8) is 0 Å². The molecule has 0 fully saturated rings.